The zero-order valence-electron chi connectivity index (χ0n) is 13.5. The topological polar surface area (TPSA) is 68.8 Å². The number of fused-ring (bicyclic) bond motifs is 1. The van der Waals surface area contributed by atoms with Gasteiger partial charge in [-0.25, -0.2) is 4.79 Å². The van der Waals surface area contributed by atoms with E-state index in [9.17, 15) is 4.79 Å². The second-order valence-corrected chi connectivity index (χ2v) is 5.37. The van der Waals surface area contributed by atoms with E-state index in [1.165, 1.54) is 0 Å². The van der Waals surface area contributed by atoms with E-state index < -0.39 is 0 Å². The van der Waals surface area contributed by atoms with E-state index in [2.05, 4.69) is 10.6 Å². The van der Waals surface area contributed by atoms with Gasteiger partial charge in [0.2, 0.25) is 0 Å². The third-order valence-electron chi connectivity index (χ3n) is 3.59. The van der Waals surface area contributed by atoms with Crippen LogP contribution in [0.5, 0.6) is 17.2 Å². The number of nitrogens with one attached hydrogen (secondary N) is 2. The third-order valence-corrected chi connectivity index (χ3v) is 3.59. The second-order valence-electron chi connectivity index (χ2n) is 5.37. The second kappa shape index (κ2) is 7.59. The Labute approximate surface area is 140 Å². The van der Waals surface area contributed by atoms with Gasteiger partial charge in [0.25, 0.3) is 0 Å². The highest BCUT2D eigenvalue weighted by atomic mass is 16.5. The number of urea groups is 1. The summed E-state index contributed by atoms with van der Waals surface area (Å²) in [5.74, 6) is 2.12. The minimum atomic E-state index is -0.285. The van der Waals surface area contributed by atoms with Crippen LogP contribution in [0.15, 0.2) is 42.5 Å². The smallest absolute Gasteiger partial charge is 0.319 e. The number of benzene rings is 2. The molecule has 0 radical (unpaired) electrons. The van der Waals surface area contributed by atoms with Crippen molar-refractivity contribution >= 4 is 11.7 Å². The van der Waals surface area contributed by atoms with Crippen LogP contribution in [-0.4, -0.2) is 26.4 Å². The van der Waals surface area contributed by atoms with Crippen molar-refractivity contribution in [2.45, 2.75) is 13.0 Å². The molecule has 0 aromatic heterocycles. The summed E-state index contributed by atoms with van der Waals surface area (Å²) >= 11 is 0. The number of hydrogen-bond acceptors (Lipinski definition) is 4. The van der Waals surface area contributed by atoms with Gasteiger partial charge in [-0.3, -0.25) is 0 Å². The molecule has 6 heteroatoms. The van der Waals surface area contributed by atoms with Crippen LogP contribution in [0, 0.1) is 0 Å². The predicted octanol–water partition coefficient (Wildman–Crippen LogP) is 3.18. The monoisotopic (exact) mass is 328 g/mol. The molecular formula is C18H20N2O4. The SMILES string of the molecule is COc1cccc(CNC(=O)Nc2ccc3c(c2)OCCCO3)c1. The molecule has 0 saturated carbocycles. The molecule has 2 aromatic carbocycles. The average molecular weight is 328 g/mol. The maximum absolute atomic E-state index is 12.1. The van der Waals surface area contributed by atoms with Gasteiger partial charge in [-0.1, -0.05) is 12.1 Å². The Kier molecular flexibility index (Phi) is 5.05. The van der Waals surface area contributed by atoms with Crippen molar-refractivity contribution in [2.24, 2.45) is 0 Å². The summed E-state index contributed by atoms with van der Waals surface area (Å²) in [4.78, 5) is 12.1. The molecule has 1 aliphatic rings. The molecule has 0 unspecified atom stereocenters. The summed E-state index contributed by atoms with van der Waals surface area (Å²) in [6.45, 7) is 1.66. The molecule has 0 saturated heterocycles. The standard InChI is InChI=1S/C18H20N2O4/c1-22-15-5-2-4-13(10-15)12-19-18(21)20-14-6-7-16-17(11-14)24-9-3-8-23-16/h2,4-7,10-11H,3,8-9,12H2,1H3,(H2,19,20,21). The van der Waals surface area contributed by atoms with E-state index in [1.54, 1.807) is 25.3 Å². The third kappa shape index (κ3) is 4.10. The summed E-state index contributed by atoms with van der Waals surface area (Å²) < 4.78 is 16.4. The van der Waals surface area contributed by atoms with Gasteiger partial charge < -0.3 is 24.8 Å². The Balaban J connectivity index is 1.57. The van der Waals surface area contributed by atoms with Gasteiger partial charge in [0.1, 0.15) is 5.75 Å². The van der Waals surface area contributed by atoms with Crippen molar-refractivity contribution in [1.82, 2.24) is 5.32 Å². The number of amides is 2. The van der Waals surface area contributed by atoms with E-state index in [-0.39, 0.29) is 6.03 Å². The Bertz CT molecular complexity index is 718. The number of ether oxygens (including phenoxy) is 3. The predicted molar refractivity (Wildman–Crippen MR) is 90.9 cm³/mol. The highest BCUT2D eigenvalue weighted by Gasteiger charge is 2.11. The molecule has 0 atom stereocenters. The Hall–Kier alpha value is -2.89. The van der Waals surface area contributed by atoms with Gasteiger partial charge in [0, 0.05) is 24.7 Å². The molecule has 0 fully saturated rings. The highest BCUT2D eigenvalue weighted by Crippen LogP contribution is 2.32. The summed E-state index contributed by atoms with van der Waals surface area (Å²) in [5.41, 5.74) is 1.62. The van der Waals surface area contributed by atoms with Crippen molar-refractivity contribution in [3.05, 3.63) is 48.0 Å². The van der Waals surface area contributed by atoms with Crippen molar-refractivity contribution in [3.8, 4) is 17.2 Å². The maximum Gasteiger partial charge on any atom is 0.319 e. The average Bonchev–Trinajstić information content (AvgIpc) is 2.85. The minimum Gasteiger partial charge on any atom is -0.497 e. The normalized spacial score (nSPS) is 12.9. The van der Waals surface area contributed by atoms with E-state index in [4.69, 9.17) is 14.2 Å². The first-order valence-corrected chi connectivity index (χ1v) is 7.82. The number of hydrogen-bond donors (Lipinski definition) is 2. The lowest BCUT2D eigenvalue weighted by Gasteiger charge is -2.11. The quantitative estimate of drug-likeness (QED) is 0.904. The summed E-state index contributed by atoms with van der Waals surface area (Å²) in [5, 5.41) is 5.61. The van der Waals surface area contributed by atoms with E-state index in [1.807, 2.05) is 24.3 Å². The van der Waals surface area contributed by atoms with Crippen LogP contribution in [0.25, 0.3) is 0 Å². The number of anilines is 1. The minimum absolute atomic E-state index is 0.285. The molecule has 0 bridgehead atoms. The zero-order chi connectivity index (χ0) is 16.8. The molecule has 0 spiro atoms. The number of carbonyl (C=O) groups is 1. The lowest BCUT2D eigenvalue weighted by atomic mass is 10.2. The van der Waals surface area contributed by atoms with E-state index in [0.717, 1.165) is 17.7 Å². The van der Waals surface area contributed by atoms with Crippen molar-refractivity contribution in [1.29, 1.82) is 0 Å². The first-order chi connectivity index (χ1) is 11.7. The van der Waals surface area contributed by atoms with Crippen LogP contribution >= 0.6 is 0 Å². The summed E-state index contributed by atoms with van der Waals surface area (Å²) in [6, 6.07) is 12.6. The maximum atomic E-state index is 12.1. The molecule has 1 aliphatic heterocycles. The lowest BCUT2D eigenvalue weighted by Crippen LogP contribution is -2.28. The lowest BCUT2D eigenvalue weighted by molar-refractivity contribution is 0.251. The summed E-state index contributed by atoms with van der Waals surface area (Å²) in [7, 11) is 1.61. The van der Waals surface area contributed by atoms with Crippen LogP contribution in [0.1, 0.15) is 12.0 Å². The van der Waals surface area contributed by atoms with E-state index in [0.29, 0.717) is 36.9 Å². The molecule has 126 valence electrons. The molecule has 24 heavy (non-hydrogen) atoms. The van der Waals surface area contributed by atoms with Crippen molar-refractivity contribution < 1.29 is 19.0 Å². The Morgan fingerprint density at radius 2 is 1.96 bits per heavy atom. The van der Waals surface area contributed by atoms with Gasteiger partial charge in [-0.2, -0.15) is 0 Å². The molecule has 2 N–H and O–H groups in total. The van der Waals surface area contributed by atoms with Crippen LogP contribution < -0.4 is 24.8 Å². The fourth-order valence-corrected chi connectivity index (χ4v) is 2.38. The van der Waals surface area contributed by atoms with Gasteiger partial charge in [0.15, 0.2) is 11.5 Å². The van der Waals surface area contributed by atoms with E-state index >= 15 is 0 Å². The molecule has 3 rings (SSSR count). The summed E-state index contributed by atoms with van der Waals surface area (Å²) in [6.07, 6.45) is 0.846. The van der Waals surface area contributed by atoms with Crippen molar-refractivity contribution in [3.63, 3.8) is 0 Å². The largest absolute Gasteiger partial charge is 0.497 e. The van der Waals surface area contributed by atoms with Crippen LogP contribution in [0.4, 0.5) is 10.5 Å². The van der Waals surface area contributed by atoms with Crippen LogP contribution in [-0.2, 0) is 6.54 Å². The molecule has 0 aliphatic carbocycles. The fraction of sp³-hybridized carbons (Fsp3) is 0.278. The molecular weight excluding hydrogens is 308 g/mol. The highest BCUT2D eigenvalue weighted by molar-refractivity contribution is 5.89. The van der Waals surface area contributed by atoms with Crippen LogP contribution in [0.2, 0.25) is 0 Å². The van der Waals surface area contributed by atoms with Gasteiger partial charge in [-0.05, 0) is 29.8 Å². The van der Waals surface area contributed by atoms with Crippen LogP contribution in [0.3, 0.4) is 0 Å². The first kappa shape index (κ1) is 16.0. The molecule has 6 nitrogen and oxygen atoms in total. The Morgan fingerprint density at radius 1 is 1.12 bits per heavy atom. The van der Waals surface area contributed by atoms with Gasteiger partial charge >= 0.3 is 6.03 Å². The number of rotatable bonds is 4. The van der Waals surface area contributed by atoms with Crippen molar-refractivity contribution in [2.75, 3.05) is 25.6 Å². The Morgan fingerprint density at radius 3 is 2.79 bits per heavy atom. The molecule has 2 amide bonds. The van der Waals surface area contributed by atoms with Gasteiger partial charge in [-0.15, -0.1) is 0 Å². The molecule has 1 heterocycles. The van der Waals surface area contributed by atoms with Gasteiger partial charge in [0.05, 0.1) is 20.3 Å². The number of carbonyl (C=O) groups excluding carboxylic acids is 1. The first-order valence-electron chi connectivity index (χ1n) is 7.82. The number of methoxy groups -OCH3 is 1. The fourth-order valence-electron chi connectivity index (χ4n) is 2.38. The zero-order valence-corrected chi connectivity index (χ0v) is 13.5. The molecule has 2 aromatic rings.